The van der Waals surface area contributed by atoms with E-state index in [1.54, 1.807) is 0 Å². The number of nitrogens with one attached hydrogen (secondary N) is 2. The molecule has 3 rings (SSSR count). The summed E-state index contributed by atoms with van der Waals surface area (Å²) in [5.74, 6) is 3.49. The fraction of sp³-hybridized carbons (Fsp3) is 0.875. The van der Waals surface area contributed by atoms with E-state index in [0.29, 0.717) is 5.92 Å². The lowest BCUT2D eigenvalue weighted by Gasteiger charge is -2.31. The fourth-order valence-corrected chi connectivity index (χ4v) is 3.65. The van der Waals surface area contributed by atoms with E-state index in [2.05, 4.69) is 27.3 Å². The first-order valence-corrected chi connectivity index (χ1v) is 8.74. The van der Waals surface area contributed by atoms with Crippen LogP contribution in [-0.2, 0) is 0 Å². The molecule has 2 N–H and O–H groups in total. The largest absolute Gasteiger partial charge is 0.340 e. The van der Waals surface area contributed by atoms with Gasteiger partial charge in [0.15, 0.2) is 0 Å². The SMILES string of the molecule is CCNCC1CCN(c2n[nH]c(C3CCCCC3)n2)CC1. The van der Waals surface area contributed by atoms with Crippen LogP contribution in [0.2, 0.25) is 0 Å². The third-order valence-electron chi connectivity index (χ3n) is 5.06. The number of aromatic nitrogens is 3. The van der Waals surface area contributed by atoms with Gasteiger partial charge in [-0.05, 0) is 44.7 Å². The summed E-state index contributed by atoms with van der Waals surface area (Å²) in [7, 11) is 0. The van der Waals surface area contributed by atoms with Crippen LogP contribution in [0.3, 0.4) is 0 Å². The molecule has 0 radical (unpaired) electrons. The standard InChI is InChI=1S/C16H29N5/c1-2-17-12-13-8-10-21(11-9-13)16-18-15(19-20-16)14-6-4-3-5-7-14/h13-14,17H,2-12H2,1H3,(H,18,19,20). The molecule has 1 aliphatic carbocycles. The molecule has 0 spiro atoms. The van der Waals surface area contributed by atoms with E-state index in [4.69, 9.17) is 4.98 Å². The molecule has 5 heteroatoms. The van der Waals surface area contributed by atoms with E-state index in [-0.39, 0.29) is 0 Å². The molecule has 118 valence electrons. The minimum absolute atomic E-state index is 0.617. The summed E-state index contributed by atoms with van der Waals surface area (Å²) in [6.45, 7) is 6.60. The molecule has 2 fully saturated rings. The Hall–Kier alpha value is -1.10. The Balaban J connectivity index is 1.52. The molecule has 21 heavy (non-hydrogen) atoms. The Morgan fingerprint density at radius 1 is 1.14 bits per heavy atom. The Morgan fingerprint density at radius 2 is 1.90 bits per heavy atom. The molecule has 2 heterocycles. The van der Waals surface area contributed by atoms with Crippen molar-refractivity contribution in [2.75, 3.05) is 31.1 Å². The van der Waals surface area contributed by atoms with Gasteiger partial charge in [-0.25, -0.2) is 0 Å². The number of anilines is 1. The number of aromatic amines is 1. The Morgan fingerprint density at radius 3 is 2.62 bits per heavy atom. The maximum Gasteiger partial charge on any atom is 0.244 e. The predicted octanol–water partition coefficient (Wildman–Crippen LogP) is 2.68. The molecule has 1 aliphatic heterocycles. The van der Waals surface area contributed by atoms with E-state index in [9.17, 15) is 0 Å². The molecule has 0 aromatic carbocycles. The first kappa shape index (κ1) is 14.8. The smallest absolute Gasteiger partial charge is 0.244 e. The predicted molar refractivity (Wildman–Crippen MR) is 85.7 cm³/mol. The molecule has 0 atom stereocenters. The summed E-state index contributed by atoms with van der Waals surface area (Å²) in [6, 6.07) is 0. The van der Waals surface area contributed by atoms with Crippen LogP contribution in [0.5, 0.6) is 0 Å². The maximum absolute atomic E-state index is 4.79. The molecular weight excluding hydrogens is 262 g/mol. The van der Waals surface area contributed by atoms with Crippen molar-refractivity contribution in [1.29, 1.82) is 0 Å². The number of hydrogen-bond donors (Lipinski definition) is 2. The average molecular weight is 291 g/mol. The average Bonchev–Trinajstić information content (AvgIpc) is 3.04. The van der Waals surface area contributed by atoms with Crippen molar-refractivity contribution in [1.82, 2.24) is 20.5 Å². The van der Waals surface area contributed by atoms with Crippen LogP contribution in [0.4, 0.5) is 5.95 Å². The van der Waals surface area contributed by atoms with Crippen molar-refractivity contribution in [2.45, 2.75) is 57.8 Å². The number of hydrogen-bond acceptors (Lipinski definition) is 4. The molecule has 0 unspecified atom stereocenters. The first-order chi connectivity index (χ1) is 10.4. The van der Waals surface area contributed by atoms with Crippen LogP contribution >= 0.6 is 0 Å². The minimum atomic E-state index is 0.617. The second-order valence-corrected chi connectivity index (χ2v) is 6.59. The van der Waals surface area contributed by atoms with Crippen LogP contribution in [0, 0.1) is 5.92 Å². The Bertz CT molecular complexity index is 416. The Labute approximate surface area is 127 Å². The number of piperidine rings is 1. The zero-order valence-corrected chi connectivity index (χ0v) is 13.3. The molecule has 1 aromatic heterocycles. The Kier molecular flexibility index (Phi) is 5.12. The number of H-pyrrole nitrogens is 1. The van der Waals surface area contributed by atoms with E-state index >= 15 is 0 Å². The highest BCUT2D eigenvalue weighted by Crippen LogP contribution is 2.31. The third-order valence-corrected chi connectivity index (χ3v) is 5.06. The van der Waals surface area contributed by atoms with Crippen molar-refractivity contribution < 1.29 is 0 Å². The molecule has 5 nitrogen and oxygen atoms in total. The van der Waals surface area contributed by atoms with Crippen LogP contribution in [0.1, 0.15) is 63.6 Å². The third kappa shape index (κ3) is 3.76. The fourth-order valence-electron chi connectivity index (χ4n) is 3.65. The second-order valence-electron chi connectivity index (χ2n) is 6.59. The van der Waals surface area contributed by atoms with Gasteiger partial charge in [-0.15, -0.1) is 5.10 Å². The summed E-state index contributed by atoms with van der Waals surface area (Å²) in [6.07, 6.45) is 9.13. The quantitative estimate of drug-likeness (QED) is 0.876. The molecule has 1 saturated heterocycles. The summed E-state index contributed by atoms with van der Waals surface area (Å²) in [5.41, 5.74) is 0. The van der Waals surface area contributed by atoms with Crippen molar-refractivity contribution >= 4 is 5.95 Å². The molecule has 1 aromatic rings. The van der Waals surface area contributed by atoms with Crippen LogP contribution in [0.25, 0.3) is 0 Å². The lowest BCUT2D eigenvalue weighted by atomic mass is 9.89. The van der Waals surface area contributed by atoms with Gasteiger partial charge in [0.05, 0.1) is 0 Å². The van der Waals surface area contributed by atoms with Gasteiger partial charge in [-0.2, -0.15) is 4.98 Å². The van der Waals surface area contributed by atoms with Gasteiger partial charge in [-0.1, -0.05) is 26.2 Å². The van der Waals surface area contributed by atoms with Gasteiger partial charge in [0.2, 0.25) is 5.95 Å². The van der Waals surface area contributed by atoms with Gasteiger partial charge >= 0.3 is 0 Å². The van der Waals surface area contributed by atoms with Crippen molar-refractivity contribution in [2.24, 2.45) is 5.92 Å². The normalized spacial score (nSPS) is 21.9. The van der Waals surface area contributed by atoms with E-state index in [1.165, 1.54) is 44.9 Å². The van der Waals surface area contributed by atoms with Crippen molar-refractivity contribution in [3.8, 4) is 0 Å². The van der Waals surface area contributed by atoms with Gasteiger partial charge < -0.3 is 10.2 Å². The van der Waals surface area contributed by atoms with Crippen LogP contribution in [0.15, 0.2) is 0 Å². The molecule has 0 amide bonds. The van der Waals surface area contributed by atoms with Crippen molar-refractivity contribution in [3.63, 3.8) is 0 Å². The van der Waals surface area contributed by atoms with E-state index in [0.717, 1.165) is 43.9 Å². The highest BCUT2D eigenvalue weighted by Gasteiger charge is 2.24. The molecule has 2 aliphatic rings. The van der Waals surface area contributed by atoms with Gasteiger partial charge in [0, 0.05) is 19.0 Å². The molecule has 0 bridgehead atoms. The number of nitrogens with zero attached hydrogens (tertiary/aromatic N) is 3. The summed E-state index contributed by atoms with van der Waals surface area (Å²) < 4.78 is 0. The van der Waals surface area contributed by atoms with Gasteiger partial charge in [-0.3, -0.25) is 5.10 Å². The summed E-state index contributed by atoms with van der Waals surface area (Å²) >= 11 is 0. The summed E-state index contributed by atoms with van der Waals surface area (Å²) in [4.78, 5) is 7.14. The lowest BCUT2D eigenvalue weighted by Crippen LogP contribution is -2.37. The zero-order chi connectivity index (χ0) is 14.5. The first-order valence-electron chi connectivity index (χ1n) is 8.74. The highest BCUT2D eigenvalue weighted by atomic mass is 15.4. The van der Waals surface area contributed by atoms with Crippen LogP contribution < -0.4 is 10.2 Å². The zero-order valence-electron chi connectivity index (χ0n) is 13.3. The monoisotopic (exact) mass is 291 g/mol. The minimum Gasteiger partial charge on any atom is -0.340 e. The van der Waals surface area contributed by atoms with Gasteiger partial charge in [0.1, 0.15) is 5.82 Å². The van der Waals surface area contributed by atoms with Crippen molar-refractivity contribution in [3.05, 3.63) is 5.82 Å². The van der Waals surface area contributed by atoms with Crippen LogP contribution in [-0.4, -0.2) is 41.4 Å². The second kappa shape index (κ2) is 7.25. The number of rotatable bonds is 5. The molecular formula is C16H29N5. The summed E-state index contributed by atoms with van der Waals surface area (Å²) in [5, 5.41) is 11.1. The van der Waals surface area contributed by atoms with E-state index in [1.807, 2.05) is 0 Å². The highest BCUT2D eigenvalue weighted by molar-refractivity contribution is 5.30. The lowest BCUT2D eigenvalue weighted by molar-refractivity contribution is 0.384. The topological polar surface area (TPSA) is 56.8 Å². The molecule has 1 saturated carbocycles. The van der Waals surface area contributed by atoms with Gasteiger partial charge in [0.25, 0.3) is 0 Å². The van der Waals surface area contributed by atoms with E-state index < -0.39 is 0 Å². The maximum atomic E-state index is 4.79.